The molecule has 1 aliphatic heterocycles. The molecule has 4 nitrogen and oxygen atoms in total. The molecule has 7 aromatic carbocycles. The molecule has 0 amide bonds. The molecule has 0 bridgehead atoms. The van der Waals surface area contributed by atoms with Crippen LogP contribution in [0.5, 0.6) is 0 Å². The van der Waals surface area contributed by atoms with E-state index in [1.807, 2.05) is 24.5 Å². The quantitative estimate of drug-likeness (QED) is 0.174. The van der Waals surface area contributed by atoms with Gasteiger partial charge in [0.05, 0.1) is 40.1 Å². The van der Waals surface area contributed by atoms with E-state index < -0.39 is 5.41 Å². The van der Waals surface area contributed by atoms with Crippen LogP contribution in [0.15, 0.2) is 229 Å². The normalized spacial score (nSPS) is 17.2. The first-order valence-electron chi connectivity index (χ1n) is 22.9. The number of hydrogen-bond donors (Lipinski definition) is 1. The number of aromatic nitrogens is 2. The number of pyridine rings is 2. The highest BCUT2D eigenvalue weighted by Crippen LogP contribution is 2.56. The van der Waals surface area contributed by atoms with Crippen LogP contribution in [-0.2, 0) is 5.41 Å². The van der Waals surface area contributed by atoms with E-state index in [9.17, 15) is 0 Å². The van der Waals surface area contributed by atoms with Gasteiger partial charge in [0.15, 0.2) is 0 Å². The SMILES string of the molecule is C/C(=C1/C=Cc2cccnc2C1=NC(C)c1cccc(C2(c3cccc(C4C=C(c5ccccc5)c5ccc6cccnc6c5N4)c3)c3ccccc3-c3ccccc32)c1)c1ccccc1. The molecule has 0 fully saturated rings. The van der Waals surface area contributed by atoms with Crippen LogP contribution in [-0.4, -0.2) is 15.7 Å². The third-order valence-corrected chi connectivity index (χ3v) is 13.9. The Bertz CT molecular complexity index is 3440. The van der Waals surface area contributed by atoms with E-state index >= 15 is 0 Å². The van der Waals surface area contributed by atoms with Gasteiger partial charge in [-0.15, -0.1) is 0 Å². The lowest BCUT2D eigenvalue weighted by Gasteiger charge is -2.35. The molecule has 3 aliphatic rings. The third-order valence-electron chi connectivity index (χ3n) is 13.9. The fourth-order valence-electron chi connectivity index (χ4n) is 10.7. The average molecular weight is 847 g/mol. The van der Waals surface area contributed by atoms with Crippen LogP contribution in [0.25, 0.3) is 39.3 Å². The van der Waals surface area contributed by atoms with Crippen LogP contribution in [0.1, 0.15) is 87.3 Å². The lowest BCUT2D eigenvalue weighted by Crippen LogP contribution is -2.29. The average Bonchev–Trinajstić information content (AvgIpc) is 3.70. The summed E-state index contributed by atoms with van der Waals surface area (Å²) < 4.78 is 0. The maximum absolute atomic E-state index is 5.60. The first-order chi connectivity index (χ1) is 32.6. The second-order valence-electron chi connectivity index (χ2n) is 17.6. The minimum Gasteiger partial charge on any atom is -0.372 e. The molecule has 0 spiro atoms. The Morgan fingerprint density at radius 2 is 1.29 bits per heavy atom. The molecule has 2 unspecified atom stereocenters. The summed E-state index contributed by atoms with van der Waals surface area (Å²) in [5.74, 6) is 0. The number of anilines is 1. The van der Waals surface area contributed by atoms with Gasteiger partial charge in [-0.1, -0.05) is 194 Å². The Kier molecular flexibility index (Phi) is 9.61. The summed E-state index contributed by atoms with van der Waals surface area (Å²) >= 11 is 0. The van der Waals surface area contributed by atoms with E-state index in [4.69, 9.17) is 15.0 Å². The van der Waals surface area contributed by atoms with Crippen LogP contribution in [0.2, 0.25) is 0 Å². The molecule has 0 saturated carbocycles. The largest absolute Gasteiger partial charge is 0.372 e. The Morgan fingerprint density at radius 1 is 0.606 bits per heavy atom. The topological polar surface area (TPSA) is 50.2 Å². The van der Waals surface area contributed by atoms with Crippen molar-refractivity contribution in [3.05, 3.63) is 286 Å². The van der Waals surface area contributed by atoms with Gasteiger partial charge in [-0.2, -0.15) is 0 Å². The molecule has 4 heteroatoms. The van der Waals surface area contributed by atoms with Crippen molar-refractivity contribution >= 4 is 39.5 Å². The van der Waals surface area contributed by atoms with Crippen molar-refractivity contribution in [2.24, 2.45) is 4.99 Å². The fourth-order valence-corrected chi connectivity index (χ4v) is 10.7. The van der Waals surface area contributed by atoms with E-state index in [1.54, 1.807) is 0 Å². The van der Waals surface area contributed by atoms with E-state index in [1.165, 1.54) is 61.2 Å². The number of benzene rings is 7. The summed E-state index contributed by atoms with van der Waals surface area (Å²) in [7, 11) is 0. The summed E-state index contributed by atoms with van der Waals surface area (Å²) in [5, 5.41) is 5.10. The first kappa shape index (κ1) is 39.4. The van der Waals surface area contributed by atoms with Crippen molar-refractivity contribution in [1.82, 2.24) is 9.97 Å². The van der Waals surface area contributed by atoms with Gasteiger partial charge in [-0.25, -0.2) is 0 Å². The number of aliphatic imine (C=N–C) groups is 1. The predicted octanol–water partition coefficient (Wildman–Crippen LogP) is 14.6. The number of rotatable bonds is 7. The van der Waals surface area contributed by atoms with Crippen molar-refractivity contribution in [1.29, 1.82) is 0 Å². The molecule has 0 saturated heterocycles. The fraction of sp³-hybridized carbons (Fsp3) is 0.0806. The van der Waals surface area contributed by atoms with Crippen LogP contribution < -0.4 is 5.32 Å². The maximum Gasteiger partial charge on any atom is 0.0960 e. The van der Waals surface area contributed by atoms with Gasteiger partial charge < -0.3 is 5.32 Å². The summed E-state index contributed by atoms with van der Waals surface area (Å²) in [6.07, 6.45) is 10.5. The van der Waals surface area contributed by atoms with Gasteiger partial charge in [0.1, 0.15) is 0 Å². The number of hydrogen-bond acceptors (Lipinski definition) is 4. The Hall–Kier alpha value is -8.21. The molecule has 9 aromatic rings. The zero-order valence-corrected chi connectivity index (χ0v) is 36.9. The summed E-state index contributed by atoms with van der Waals surface area (Å²) in [4.78, 5) is 15.4. The number of fused-ring (bicyclic) bond motifs is 7. The molecule has 2 atom stereocenters. The van der Waals surface area contributed by atoms with Crippen molar-refractivity contribution in [3.63, 3.8) is 0 Å². The van der Waals surface area contributed by atoms with Crippen molar-refractivity contribution in [3.8, 4) is 11.1 Å². The Labute approximate surface area is 386 Å². The zero-order chi connectivity index (χ0) is 44.2. The number of nitrogens with one attached hydrogen (secondary N) is 1. The number of nitrogens with zero attached hydrogens (tertiary/aromatic N) is 3. The van der Waals surface area contributed by atoms with Gasteiger partial charge in [-0.3, -0.25) is 15.0 Å². The van der Waals surface area contributed by atoms with E-state index in [2.05, 4.69) is 219 Å². The predicted molar refractivity (Wildman–Crippen MR) is 273 cm³/mol. The highest BCUT2D eigenvalue weighted by molar-refractivity contribution is 6.21. The van der Waals surface area contributed by atoms with Gasteiger partial charge in [0.25, 0.3) is 0 Å². The van der Waals surface area contributed by atoms with Gasteiger partial charge in [0, 0.05) is 34.5 Å². The summed E-state index contributed by atoms with van der Waals surface area (Å²) in [5.41, 5.74) is 21.1. The zero-order valence-electron chi connectivity index (χ0n) is 36.9. The highest BCUT2D eigenvalue weighted by Gasteiger charge is 2.46. The van der Waals surface area contributed by atoms with Crippen molar-refractivity contribution < 1.29 is 0 Å². The Morgan fingerprint density at radius 3 is 2.08 bits per heavy atom. The lowest BCUT2D eigenvalue weighted by molar-refractivity contribution is 0.753. The molecule has 0 radical (unpaired) electrons. The van der Waals surface area contributed by atoms with Crippen LogP contribution in [0.4, 0.5) is 5.69 Å². The molecule has 2 aromatic heterocycles. The molecule has 66 heavy (non-hydrogen) atoms. The summed E-state index contributed by atoms with van der Waals surface area (Å²) in [6, 6.07) is 70.2. The molecule has 1 N–H and O–H groups in total. The second kappa shape index (κ2) is 16.1. The second-order valence-corrected chi connectivity index (χ2v) is 17.6. The van der Waals surface area contributed by atoms with E-state index in [0.29, 0.717) is 0 Å². The monoisotopic (exact) mass is 846 g/mol. The molecule has 3 heterocycles. The van der Waals surface area contributed by atoms with E-state index in [-0.39, 0.29) is 12.1 Å². The molecule has 2 aliphatic carbocycles. The van der Waals surface area contributed by atoms with Gasteiger partial charge in [0.2, 0.25) is 0 Å². The molecular formula is C62H46N4. The van der Waals surface area contributed by atoms with Gasteiger partial charge in [-0.05, 0) is 98.8 Å². The standard InChI is InChI=1S/C62H46N4/c1-40(42-17-5-3-6-18-42)50-33-31-44-23-15-35-63-58(44)60(50)65-41(2)46-21-13-25-48(37-46)62(55-29-11-9-27-51(55)52-28-10-12-30-56(52)62)49-26-14-22-47(38-49)57-39-54(43-19-7-4-8-20-43)53-34-32-45-24-16-36-64-59(45)61(53)66-57/h3-39,41,57,66H,1-2H3/b50-40+,65-60?. The summed E-state index contributed by atoms with van der Waals surface area (Å²) in [6.45, 7) is 4.41. The first-order valence-corrected chi connectivity index (χ1v) is 22.9. The third kappa shape index (κ3) is 6.40. The Balaban J connectivity index is 1.03. The van der Waals surface area contributed by atoms with Crippen LogP contribution >= 0.6 is 0 Å². The molecular weight excluding hydrogens is 801 g/mol. The molecule has 314 valence electrons. The lowest BCUT2D eigenvalue weighted by atomic mass is 9.67. The van der Waals surface area contributed by atoms with Crippen LogP contribution in [0.3, 0.4) is 0 Å². The molecule has 12 rings (SSSR count). The van der Waals surface area contributed by atoms with Gasteiger partial charge >= 0.3 is 0 Å². The van der Waals surface area contributed by atoms with Crippen LogP contribution in [0, 0.1) is 0 Å². The minimum absolute atomic E-state index is 0.117. The smallest absolute Gasteiger partial charge is 0.0960 e. The minimum atomic E-state index is -0.616. The highest BCUT2D eigenvalue weighted by atomic mass is 14.9. The maximum atomic E-state index is 5.60. The van der Waals surface area contributed by atoms with Crippen molar-refractivity contribution in [2.45, 2.75) is 31.3 Å². The number of allylic oxidation sites excluding steroid dienone is 3. The van der Waals surface area contributed by atoms with Crippen molar-refractivity contribution in [2.75, 3.05) is 5.32 Å². The van der Waals surface area contributed by atoms with E-state index in [0.717, 1.165) is 50.3 Å².